The summed E-state index contributed by atoms with van der Waals surface area (Å²) in [5.41, 5.74) is 2.08. The molecule has 1 fully saturated rings. The molecule has 27 heavy (non-hydrogen) atoms. The van der Waals surface area contributed by atoms with Gasteiger partial charge in [0.1, 0.15) is 11.6 Å². The summed E-state index contributed by atoms with van der Waals surface area (Å²) in [6.45, 7) is 6.73. The lowest BCUT2D eigenvalue weighted by Gasteiger charge is -2.31. The number of rotatable bonds is 7. The highest BCUT2D eigenvalue weighted by Gasteiger charge is 2.39. The van der Waals surface area contributed by atoms with E-state index in [2.05, 4.69) is 15.4 Å². The second-order valence-electron chi connectivity index (χ2n) is 7.25. The third kappa shape index (κ3) is 4.54. The molecule has 1 aromatic carbocycles. The first kappa shape index (κ1) is 19.5. The average Bonchev–Trinajstić information content (AvgIpc) is 3.19. The fourth-order valence-electron chi connectivity index (χ4n) is 3.62. The van der Waals surface area contributed by atoms with E-state index in [0.717, 1.165) is 36.5 Å². The number of aryl methyl sites for hydroxylation is 2. The molecule has 1 aromatic heterocycles. The van der Waals surface area contributed by atoms with Crippen LogP contribution in [0.2, 0.25) is 0 Å². The lowest BCUT2D eigenvalue weighted by molar-refractivity contribution is 0.0864. The molecule has 0 spiro atoms. The molecule has 7 heteroatoms. The van der Waals surface area contributed by atoms with Gasteiger partial charge >= 0.3 is 0 Å². The number of hydrogen-bond donors (Lipinski definition) is 1. The number of nitrogens with one attached hydrogen (secondary N) is 1. The van der Waals surface area contributed by atoms with Gasteiger partial charge in [0.15, 0.2) is 0 Å². The molecule has 0 bridgehead atoms. The smallest absolute Gasteiger partial charge is 0.251 e. The predicted molar refractivity (Wildman–Crippen MR) is 99.0 cm³/mol. The minimum absolute atomic E-state index is 0.190. The van der Waals surface area contributed by atoms with Gasteiger partial charge in [0, 0.05) is 44.5 Å². The third-order valence-electron chi connectivity index (χ3n) is 5.27. The molecule has 1 saturated heterocycles. The Labute approximate surface area is 158 Å². The van der Waals surface area contributed by atoms with Gasteiger partial charge in [-0.05, 0) is 51.0 Å². The first-order chi connectivity index (χ1) is 12.9. The summed E-state index contributed by atoms with van der Waals surface area (Å²) in [4.78, 5) is 15.0. The number of methoxy groups -OCH3 is 1. The molecular formula is C20H26FN3O3. The highest BCUT2D eigenvalue weighted by Crippen LogP contribution is 2.28. The summed E-state index contributed by atoms with van der Waals surface area (Å²) < 4.78 is 23.7. The van der Waals surface area contributed by atoms with Gasteiger partial charge in [-0.2, -0.15) is 0 Å². The Kier molecular flexibility index (Phi) is 5.92. The van der Waals surface area contributed by atoms with E-state index in [1.165, 1.54) is 24.3 Å². The van der Waals surface area contributed by atoms with Crippen LogP contribution in [-0.2, 0) is 11.3 Å². The van der Waals surface area contributed by atoms with E-state index in [-0.39, 0.29) is 17.3 Å². The van der Waals surface area contributed by atoms with Gasteiger partial charge in [-0.3, -0.25) is 9.69 Å². The Morgan fingerprint density at radius 1 is 1.37 bits per heavy atom. The van der Waals surface area contributed by atoms with E-state index in [1.807, 2.05) is 13.8 Å². The summed E-state index contributed by atoms with van der Waals surface area (Å²) in [6, 6.07) is 5.61. The van der Waals surface area contributed by atoms with E-state index in [0.29, 0.717) is 25.1 Å². The maximum Gasteiger partial charge on any atom is 0.251 e. The molecule has 1 unspecified atom stereocenters. The number of carbonyl (C=O) groups excluding carboxylic acids is 1. The SMILES string of the molecule is COCCC1(NC(=O)c2ccc(F)cc2)CCN(Cc2c(C)noc2C)C1. The molecule has 6 nitrogen and oxygen atoms in total. The first-order valence-corrected chi connectivity index (χ1v) is 9.13. The van der Waals surface area contributed by atoms with E-state index >= 15 is 0 Å². The Bertz CT molecular complexity index is 771. The molecule has 3 rings (SSSR count). The van der Waals surface area contributed by atoms with Crippen molar-refractivity contribution >= 4 is 5.91 Å². The van der Waals surface area contributed by atoms with Crippen LogP contribution in [0.3, 0.4) is 0 Å². The molecular weight excluding hydrogens is 349 g/mol. The second-order valence-corrected chi connectivity index (χ2v) is 7.25. The summed E-state index contributed by atoms with van der Waals surface area (Å²) in [7, 11) is 1.66. The van der Waals surface area contributed by atoms with Crippen LogP contribution < -0.4 is 5.32 Å². The first-order valence-electron chi connectivity index (χ1n) is 9.13. The van der Waals surface area contributed by atoms with E-state index < -0.39 is 0 Å². The predicted octanol–water partition coefficient (Wildman–Crippen LogP) is 2.84. The average molecular weight is 375 g/mol. The fourth-order valence-corrected chi connectivity index (χ4v) is 3.62. The molecule has 1 N–H and O–H groups in total. The normalized spacial score (nSPS) is 20.1. The van der Waals surface area contributed by atoms with Crippen LogP contribution in [0.15, 0.2) is 28.8 Å². The van der Waals surface area contributed by atoms with Crippen molar-refractivity contribution < 1.29 is 18.4 Å². The Hall–Kier alpha value is -2.25. The van der Waals surface area contributed by atoms with Crippen LogP contribution >= 0.6 is 0 Å². The molecule has 0 saturated carbocycles. The van der Waals surface area contributed by atoms with Crippen LogP contribution in [0.1, 0.15) is 40.2 Å². The molecule has 1 aliphatic rings. The number of hydrogen-bond acceptors (Lipinski definition) is 5. The lowest BCUT2D eigenvalue weighted by atomic mass is 9.93. The van der Waals surface area contributed by atoms with Crippen molar-refractivity contribution in [1.82, 2.24) is 15.4 Å². The number of nitrogens with zero attached hydrogens (tertiary/aromatic N) is 2. The Morgan fingerprint density at radius 3 is 2.74 bits per heavy atom. The van der Waals surface area contributed by atoms with Crippen LogP contribution in [0.4, 0.5) is 4.39 Å². The Balaban J connectivity index is 1.71. The van der Waals surface area contributed by atoms with E-state index in [9.17, 15) is 9.18 Å². The number of likely N-dealkylation sites (tertiary alicyclic amines) is 1. The molecule has 0 radical (unpaired) electrons. The number of benzene rings is 1. The van der Waals surface area contributed by atoms with Gasteiger partial charge < -0.3 is 14.6 Å². The van der Waals surface area contributed by atoms with Crippen molar-refractivity contribution in [2.75, 3.05) is 26.8 Å². The Morgan fingerprint density at radius 2 is 2.11 bits per heavy atom. The van der Waals surface area contributed by atoms with E-state index in [1.54, 1.807) is 7.11 Å². The fraction of sp³-hybridized carbons (Fsp3) is 0.500. The second kappa shape index (κ2) is 8.19. The number of ether oxygens (including phenoxy) is 1. The zero-order valence-corrected chi connectivity index (χ0v) is 16.0. The van der Waals surface area contributed by atoms with Gasteiger partial charge in [0.05, 0.1) is 11.2 Å². The van der Waals surface area contributed by atoms with Gasteiger partial charge in [-0.25, -0.2) is 4.39 Å². The number of aromatic nitrogens is 1. The topological polar surface area (TPSA) is 67.6 Å². The zero-order valence-electron chi connectivity index (χ0n) is 16.0. The highest BCUT2D eigenvalue weighted by atomic mass is 19.1. The van der Waals surface area contributed by atoms with Crippen molar-refractivity contribution in [2.24, 2.45) is 0 Å². The van der Waals surface area contributed by atoms with Crippen LogP contribution in [0.25, 0.3) is 0 Å². The molecule has 0 aliphatic carbocycles. The van der Waals surface area contributed by atoms with Gasteiger partial charge in [-0.15, -0.1) is 0 Å². The van der Waals surface area contributed by atoms with Gasteiger partial charge in [0.25, 0.3) is 5.91 Å². The molecule has 1 aliphatic heterocycles. The summed E-state index contributed by atoms with van der Waals surface area (Å²) >= 11 is 0. The molecule has 2 heterocycles. The van der Waals surface area contributed by atoms with Crippen LogP contribution in [0, 0.1) is 19.7 Å². The summed E-state index contributed by atoms with van der Waals surface area (Å²) in [5.74, 6) is 0.287. The largest absolute Gasteiger partial charge is 0.385 e. The minimum atomic E-state index is -0.375. The van der Waals surface area contributed by atoms with Crippen molar-refractivity contribution in [2.45, 2.75) is 38.8 Å². The monoisotopic (exact) mass is 375 g/mol. The van der Waals surface area contributed by atoms with Gasteiger partial charge in [-0.1, -0.05) is 5.16 Å². The molecule has 146 valence electrons. The van der Waals surface area contributed by atoms with Gasteiger partial charge in [0.2, 0.25) is 0 Å². The number of amides is 1. The van der Waals surface area contributed by atoms with E-state index in [4.69, 9.17) is 9.26 Å². The molecule has 2 aromatic rings. The van der Waals surface area contributed by atoms with Crippen LogP contribution in [-0.4, -0.2) is 48.3 Å². The summed E-state index contributed by atoms with van der Waals surface area (Å²) in [5, 5.41) is 7.20. The quantitative estimate of drug-likeness (QED) is 0.806. The number of halogens is 1. The third-order valence-corrected chi connectivity index (χ3v) is 5.27. The maximum absolute atomic E-state index is 13.1. The maximum atomic E-state index is 13.1. The minimum Gasteiger partial charge on any atom is -0.385 e. The zero-order chi connectivity index (χ0) is 19.4. The summed E-state index contributed by atoms with van der Waals surface area (Å²) in [6.07, 6.45) is 1.54. The number of carbonyl (C=O) groups is 1. The standard InChI is InChI=1S/C20H26FN3O3/c1-14-18(15(2)27-23-14)12-24-10-8-20(13-24,9-11-26-3)22-19(25)16-4-6-17(21)7-5-16/h4-7H,8-13H2,1-3H3,(H,22,25). The van der Waals surface area contributed by atoms with Crippen molar-refractivity contribution in [3.05, 3.63) is 52.7 Å². The molecule has 1 amide bonds. The van der Waals surface area contributed by atoms with Crippen LogP contribution in [0.5, 0.6) is 0 Å². The van der Waals surface area contributed by atoms with Crippen molar-refractivity contribution in [3.63, 3.8) is 0 Å². The lowest BCUT2D eigenvalue weighted by Crippen LogP contribution is -2.51. The van der Waals surface area contributed by atoms with Crippen molar-refractivity contribution in [1.29, 1.82) is 0 Å². The molecule has 1 atom stereocenters. The van der Waals surface area contributed by atoms with Crippen molar-refractivity contribution in [3.8, 4) is 0 Å². The highest BCUT2D eigenvalue weighted by molar-refractivity contribution is 5.94.